The fourth-order valence-electron chi connectivity index (χ4n) is 2.50. The van der Waals surface area contributed by atoms with Crippen LogP contribution in [-0.4, -0.2) is 29.6 Å². The van der Waals surface area contributed by atoms with Crippen molar-refractivity contribution in [3.63, 3.8) is 0 Å². The molecule has 5 heteroatoms. The maximum absolute atomic E-state index is 11.3. The number of hydrogen-bond acceptors (Lipinski definition) is 5. The van der Waals surface area contributed by atoms with Crippen LogP contribution in [0.4, 0.5) is 5.82 Å². The molecule has 5 nitrogen and oxygen atoms in total. The lowest BCUT2D eigenvalue weighted by Crippen LogP contribution is -2.19. The van der Waals surface area contributed by atoms with Crippen LogP contribution in [0.25, 0.3) is 0 Å². The van der Waals surface area contributed by atoms with Gasteiger partial charge >= 0.3 is 5.97 Å². The second kappa shape index (κ2) is 4.23. The molecule has 1 aromatic heterocycles. The first-order chi connectivity index (χ1) is 8.73. The molecule has 1 N–H and O–H groups in total. The molecule has 0 aromatic carbocycles. The lowest BCUT2D eigenvalue weighted by molar-refractivity contribution is 0.0587. The lowest BCUT2D eigenvalue weighted by atomic mass is 10.0. The molecular formula is C13H17N3O2. The van der Waals surface area contributed by atoms with Crippen LogP contribution in [0.1, 0.15) is 36.3 Å². The van der Waals surface area contributed by atoms with E-state index in [0.717, 1.165) is 12.5 Å². The first-order valence-electron chi connectivity index (χ1n) is 6.39. The van der Waals surface area contributed by atoms with Gasteiger partial charge in [0.1, 0.15) is 5.82 Å². The van der Waals surface area contributed by atoms with Crippen molar-refractivity contribution in [2.75, 3.05) is 19.0 Å². The Bertz CT molecular complexity index is 467. The number of carbonyl (C=O) groups excluding carboxylic acids is 1. The number of carbonyl (C=O) groups is 1. The highest BCUT2D eigenvalue weighted by Gasteiger charge is 2.53. The van der Waals surface area contributed by atoms with E-state index in [4.69, 9.17) is 0 Å². The van der Waals surface area contributed by atoms with E-state index in [0.29, 0.717) is 11.2 Å². The van der Waals surface area contributed by atoms with Crippen molar-refractivity contribution in [3.05, 3.63) is 18.1 Å². The largest absolute Gasteiger partial charge is 0.463 e. The zero-order valence-electron chi connectivity index (χ0n) is 10.5. The van der Waals surface area contributed by atoms with E-state index in [1.165, 1.54) is 32.8 Å². The van der Waals surface area contributed by atoms with Crippen molar-refractivity contribution in [3.8, 4) is 0 Å². The number of nitrogens with one attached hydrogen (secondary N) is 1. The number of esters is 1. The minimum atomic E-state index is -0.498. The zero-order chi connectivity index (χ0) is 12.6. The van der Waals surface area contributed by atoms with E-state index in [-0.39, 0.29) is 5.82 Å². The van der Waals surface area contributed by atoms with Crippen LogP contribution in [0.2, 0.25) is 0 Å². The summed E-state index contributed by atoms with van der Waals surface area (Å²) in [4.78, 5) is 19.4. The number of hydrogen-bond donors (Lipinski definition) is 1. The van der Waals surface area contributed by atoms with Crippen molar-refractivity contribution in [2.24, 2.45) is 11.3 Å². The molecule has 0 aliphatic heterocycles. The summed E-state index contributed by atoms with van der Waals surface area (Å²) in [6.07, 6.45) is 6.97. The summed E-state index contributed by atoms with van der Waals surface area (Å²) in [6, 6.07) is 1.79. The summed E-state index contributed by atoms with van der Waals surface area (Å²) in [6.45, 7) is 0.954. The van der Waals surface area contributed by atoms with E-state index in [2.05, 4.69) is 20.0 Å². The highest BCUT2D eigenvalue weighted by atomic mass is 16.5. The van der Waals surface area contributed by atoms with Gasteiger partial charge in [-0.2, -0.15) is 0 Å². The van der Waals surface area contributed by atoms with Gasteiger partial charge in [-0.1, -0.05) is 0 Å². The summed E-state index contributed by atoms with van der Waals surface area (Å²) < 4.78 is 4.61. The van der Waals surface area contributed by atoms with Gasteiger partial charge in [-0.15, -0.1) is 0 Å². The van der Waals surface area contributed by atoms with Gasteiger partial charge in [-0.25, -0.2) is 14.8 Å². The molecule has 0 radical (unpaired) electrons. The summed E-state index contributed by atoms with van der Waals surface area (Å²) in [7, 11) is 1.33. The van der Waals surface area contributed by atoms with E-state index in [1.807, 2.05) is 0 Å². The first-order valence-corrected chi connectivity index (χ1v) is 6.39. The highest BCUT2D eigenvalue weighted by molar-refractivity contribution is 5.85. The van der Waals surface area contributed by atoms with Crippen LogP contribution in [0.3, 0.4) is 0 Å². The fraction of sp³-hybridized carbons (Fsp3) is 0.615. The average molecular weight is 247 g/mol. The Hall–Kier alpha value is -1.65. The molecule has 0 atom stereocenters. The predicted octanol–water partition coefficient (Wildman–Crippen LogP) is 1.87. The quantitative estimate of drug-likeness (QED) is 0.805. The Morgan fingerprint density at radius 1 is 1.56 bits per heavy atom. The minimum absolute atomic E-state index is 0.110. The van der Waals surface area contributed by atoms with Gasteiger partial charge in [0.15, 0.2) is 0 Å². The van der Waals surface area contributed by atoms with Crippen LogP contribution in [0.5, 0.6) is 0 Å². The first kappa shape index (κ1) is 11.4. The summed E-state index contributed by atoms with van der Waals surface area (Å²) in [5, 5.41) is 3.33. The van der Waals surface area contributed by atoms with Gasteiger partial charge in [-0.05, 0) is 43.1 Å². The topological polar surface area (TPSA) is 64.1 Å². The molecule has 3 rings (SSSR count). The van der Waals surface area contributed by atoms with Gasteiger partial charge in [0.25, 0.3) is 0 Å². The van der Waals surface area contributed by atoms with Gasteiger partial charge in [0.05, 0.1) is 7.11 Å². The van der Waals surface area contributed by atoms with Gasteiger partial charge in [-0.3, -0.25) is 0 Å². The molecule has 2 aliphatic rings. The number of ether oxygens (including phenoxy) is 1. The number of rotatable bonds is 5. The third kappa shape index (κ3) is 2.17. The van der Waals surface area contributed by atoms with Crippen molar-refractivity contribution >= 4 is 11.8 Å². The average Bonchev–Trinajstić information content (AvgIpc) is 3.28. The molecule has 2 saturated carbocycles. The molecule has 0 spiro atoms. The standard InChI is InChI=1S/C13H17N3O2/c1-18-12(17)11-14-7-4-10(16-11)15-8-13(5-6-13)9-2-3-9/h4,7,9H,2-3,5-6,8H2,1H3,(H,14,15,16). The summed E-state index contributed by atoms with van der Waals surface area (Å²) in [5.41, 5.74) is 0.510. The summed E-state index contributed by atoms with van der Waals surface area (Å²) >= 11 is 0. The Morgan fingerprint density at radius 2 is 2.33 bits per heavy atom. The normalized spacial score (nSPS) is 20.3. The number of aromatic nitrogens is 2. The molecule has 1 aromatic rings. The van der Waals surface area contributed by atoms with E-state index in [9.17, 15) is 4.79 Å². The van der Waals surface area contributed by atoms with Crippen LogP contribution in [0.15, 0.2) is 12.3 Å². The second-order valence-corrected chi connectivity index (χ2v) is 5.25. The van der Waals surface area contributed by atoms with E-state index in [1.54, 1.807) is 12.3 Å². The molecular weight excluding hydrogens is 230 g/mol. The molecule has 0 bridgehead atoms. The monoisotopic (exact) mass is 247 g/mol. The Balaban J connectivity index is 1.64. The van der Waals surface area contributed by atoms with Crippen LogP contribution in [0, 0.1) is 11.3 Å². The number of methoxy groups -OCH3 is 1. The van der Waals surface area contributed by atoms with Crippen LogP contribution >= 0.6 is 0 Å². The molecule has 0 amide bonds. The smallest absolute Gasteiger partial charge is 0.376 e. The molecule has 0 saturated heterocycles. The second-order valence-electron chi connectivity index (χ2n) is 5.25. The minimum Gasteiger partial charge on any atom is -0.463 e. The molecule has 96 valence electrons. The predicted molar refractivity (Wildman–Crippen MR) is 66.3 cm³/mol. The highest BCUT2D eigenvalue weighted by Crippen LogP contribution is 2.61. The van der Waals surface area contributed by atoms with Crippen molar-refractivity contribution in [1.29, 1.82) is 0 Å². The fourth-order valence-corrected chi connectivity index (χ4v) is 2.50. The third-order valence-corrected chi connectivity index (χ3v) is 3.98. The number of nitrogens with zero attached hydrogens (tertiary/aromatic N) is 2. The van der Waals surface area contributed by atoms with Gasteiger partial charge in [0.2, 0.25) is 5.82 Å². The van der Waals surface area contributed by atoms with Gasteiger partial charge < -0.3 is 10.1 Å². The van der Waals surface area contributed by atoms with Crippen LogP contribution < -0.4 is 5.32 Å². The third-order valence-electron chi connectivity index (χ3n) is 3.98. The maximum Gasteiger partial charge on any atom is 0.376 e. The summed E-state index contributed by atoms with van der Waals surface area (Å²) in [5.74, 6) is 1.23. The molecule has 2 aliphatic carbocycles. The Morgan fingerprint density at radius 3 is 2.94 bits per heavy atom. The van der Waals surface area contributed by atoms with Crippen molar-refractivity contribution in [2.45, 2.75) is 25.7 Å². The zero-order valence-corrected chi connectivity index (χ0v) is 10.5. The molecule has 0 unspecified atom stereocenters. The maximum atomic E-state index is 11.3. The Labute approximate surface area is 106 Å². The molecule has 2 fully saturated rings. The van der Waals surface area contributed by atoms with Gasteiger partial charge in [0, 0.05) is 12.7 Å². The lowest BCUT2D eigenvalue weighted by Gasteiger charge is -2.15. The van der Waals surface area contributed by atoms with Crippen molar-refractivity contribution < 1.29 is 9.53 Å². The van der Waals surface area contributed by atoms with E-state index >= 15 is 0 Å². The SMILES string of the molecule is COC(=O)c1nccc(NCC2(C3CC3)CC2)n1. The van der Waals surface area contributed by atoms with Crippen molar-refractivity contribution in [1.82, 2.24) is 9.97 Å². The molecule has 1 heterocycles. The molecule has 18 heavy (non-hydrogen) atoms. The number of anilines is 1. The van der Waals surface area contributed by atoms with E-state index < -0.39 is 5.97 Å². The Kier molecular flexibility index (Phi) is 2.69. The van der Waals surface area contributed by atoms with Crippen LogP contribution in [-0.2, 0) is 4.74 Å².